The number of rotatable bonds is 6. The van der Waals surface area contributed by atoms with E-state index in [9.17, 15) is 0 Å². The van der Waals surface area contributed by atoms with E-state index in [2.05, 4.69) is 39.4 Å². The summed E-state index contributed by atoms with van der Waals surface area (Å²) in [7, 11) is 0. The Kier molecular flexibility index (Phi) is 4.55. The summed E-state index contributed by atoms with van der Waals surface area (Å²) in [5, 5.41) is 12.5. The number of anilines is 1. The Morgan fingerprint density at radius 3 is 2.35 bits per heavy atom. The molecule has 1 aliphatic carbocycles. The molecule has 0 spiro atoms. The average molecular weight is 275 g/mol. The molecule has 0 unspecified atom stereocenters. The standard InChI is InChI=1S/C16H25N3O/c20-12-11-18-7-9-19(10-8-18)16-5-1-14(2-6-16)13-17-15-3-4-15/h1-2,5-6,15,17,20H,3-4,7-13H2. The van der Waals surface area contributed by atoms with E-state index in [0.29, 0.717) is 0 Å². The van der Waals surface area contributed by atoms with E-state index in [4.69, 9.17) is 5.11 Å². The quantitative estimate of drug-likeness (QED) is 0.814. The number of β-amino-alcohol motifs (C(OH)–C–C–N with tert-alkyl or cyclic N) is 1. The maximum atomic E-state index is 8.96. The van der Waals surface area contributed by atoms with E-state index in [1.165, 1.54) is 24.1 Å². The van der Waals surface area contributed by atoms with Crippen molar-refractivity contribution in [3.05, 3.63) is 29.8 Å². The molecule has 2 fully saturated rings. The Hall–Kier alpha value is -1.10. The molecule has 2 aliphatic rings. The number of benzene rings is 1. The predicted octanol–water partition coefficient (Wildman–Crippen LogP) is 1.05. The second-order valence-corrected chi connectivity index (χ2v) is 5.87. The van der Waals surface area contributed by atoms with Crippen LogP contribution in [0.3, 0.4) is 0 Å². The number of hydrogen-bond acceptors (Lipinski definition) is 4. The number of piperazine rings is 1. The minimum Gasteiger partial charge on any atom is -0.395 e. The maximum Gasteiger partial charge on any atom is 0.0558 e. The van der Waals surface area contributed by atoms with Crippen molar-refractivity contribution in [3.8, 4) is 0 Å². The Balaban J connectivity index is 1.49. The molecule has 1 aromatic carbocycles. The molecule has 3 rings (SSSR count). The number of hydrogen-bond donors (Lipinski definition) is 2. The second-order valence-electron chi connectivity index (χ2n) is 5.87. The van der Waals surface area contributed by atoms with E-state index in [1.54, 1.807) is 0 Å². The van der Waals surface area contributed by atoms with Gasteiger partial charge in [-0.15, -0.1) is 0 Å². The molecule has 1 aliphatic heterocycles. The Morgan fingerprint density at radius 1 is 1.05 bits per heavy atom. The second kappa shape index (κ2) is 6.57. The van der Waals surface area contributed by atoms with E-state index in [-0.39, 0.29) is 6.61 Å². The highest BCUT2D eigenvalue weighted by molar-refractivity contribution is 5.48. The summed E-state index contributed by atoms with van der Waals surface area (Å²) in [6, 6.07) is 9.74. The molecule has 1 saturated heterocycles. The molecule has 0 aromatic heterocycles. The molecule has 0 atom stereocenters. The summed E-state index contributed by atoms with van der Waals surface area (Å²) in [6.07, 6.45) is 2.69. The fourth-order valence-corrected chi connectivity index (χ4v) is 2.75. The molecule has 4 nitrogen and oxygen atoms in total. The molecule has 0 amide bonds. The largest absolute Gasteiger partial charge is 0.395 e. The highest BCUT2D eigenvalue weighted by atomic mass is 16.3. The van der Waals surface area contributed by atoms with Crippen molar-refractivity contribution in [1.82, 2.24) is 10.2 Å². The van der Waals surface area contributed by atoms with Gasteiger partial charge in [-0.1, -0.05) is 12.1 Å². The van der Waals surface area contributed by atoms with Gasteiger partial charge in [0.2, 0.25) is 0 Å². The minimum atomic E-state index is 0.267. The normalized spacial score (nSPS) is 20.4. The summed E-state index contributed by atoms with van der Waals surface area (Å²) in [5.41, 5.74) is 2.70. The fourth-order valence-electron chi connectivity index (χ4n) is 2.75. The average Bonchev–Trinajstić information content (AvgIpc) is 3.31. The van der Waals surface area contributed by atoms with Crippen LogP contribution in [0.15, 0.2) is 24.3 Å². The Bertz CT molecular complexity index is 408. The molecule has 110 valence electrons. The van der Waals surface area contributed by atoms with Gasteiger partial charge < -0.3 is 15.3 Å². The molecular weight excluding hydrogens is 250 g/mol. The van der Waals surface area contributed by atoms with Gasteiger partial charge in [-0.05, 0) is 30.5 Å². The van der Waals surface area contributed by atoms with Gasteiger partial charge in [0, 0.05) is 51.0 Å². The molecule has 2 N–H and O–H groups in total. The van der Waals surface area contributed by atoms with Crippen molar-refractivity contribution in [1.29, 1.82) is 0 Å². The van der Waals surface area contributed by atoms with E-state index in [0.717, 1.165) is 45.3 Å². The van der Waals surface area contributed by atoms with Crippen LogP contribution in [0.25, 0.3) is 0 Å². The number of aliphatic hydroxyl groups is 1. The van der Waals surface area contributed by atoms with Gasteiger partial charge in [-0.2, -0.15) is 0 Å². The number of nitrogens with zero attached hydrogens (tertiary/aromatic N) is 2. The molecule has 1 aromatic rings. The summed E-state index contributed by atoms with van der Waals surface area (Å²) in [5.74, 6) is 0. The molecule has 0 radical (unpaired) electrons. The molecule has 0 bridgehead atoms. The van der Waals surface area contributed by atoms with Crippen molar-refractivity contribution < 1.29 is 5.11 Å². The van der Waals surface area contributed by atoms with Crippen molar-refractivity contribution in [3.63, 3.8) is 0 Å². The highest BCUT2D eigenvalue weighted by Crippen LogP contribution is 2.20. The highest BCUT2D eigenvalue weighted by Gasteiger charge is 2.20. The van der Waals surface area contributed by atoms with Crippen molar-refractivity contribution in [2.24, 2.45) is 0 Å². The van der Waals surface area contributed by atoms with Gasteiger partial charge in [0.1, 0.15) is 0 Å². The lowest BCUT2D eigenvalue weighted by atomic mass is 10.1. The summed E-state index contributed by atoms with van der Waals surface area (Å²) < 4.78 is 0. The van der Waals surface area contributed by atoms with Crippen LogP contribution in [0.1, 0.15) is 18.4 Å². The van der Waals surface area contributed by atoms with Crippen LogP contribution in [0.4, 0.5) is 5.69 Å². The van der Waals surface area contributed by atoms with Crippen molar-refractivity contribution in [2.45, 2.75) is 25.4 Å². The summed E-state index contributed by atoms with van der Waals surface area (Å²) in [6.45, 7) is 6.27. The lowest BCUT2D eigenvalue weighted by molar-refractivity contribution is 0.189. The molecule has 20 heavy (non-hydrogen) atoms. The zero-order valence-corrected chi connectivity index (χ0v) is 12.1. The Labute approximate surface area is 121 Å². The van der Waals surface area contributed by atoms with Crippen LogP contribution in [-0.2, 0) is 6.54 Å². The molecule has 4 heteroatoms. The first-order valence-corrected chi connectivity index (χ1v) is 7.75. The summed E-state index contributed by atoms with van der Waals surface area (Å²) >= 11 is 0. The third kappa shape index (κ3) is 3.72. The smallest absolute Gasteiger partial charge is 0.0558 e. The third-order valence-corrected chi connectivity index (χ3v) is 4.26. The lowest BCUT2D eigenvalue weighted by Crippen LogP contribution is -2.47. The zero-order valence-electron chi connectivity index (χ0n) is 12.1. The van der Waals surface area contributed by atoms with Gasteiger partial charge in [0.05, 0.1) is 6.61 Å². The van der Waals surface area contributed by atoms with E-state index < -0.39 is 0 Å². The maximum absolute atomic E-state index is 8.96. The number of nitrogens with one attached hydrogen (secondary N) is 1. The monoisotopic (exact) mass is 275 g/mol. The van der Waals surface area contributed by atoms with E-state index in [1.807, 2.05) is 0 Å². The SMILES string of the molecule is OCCN1CCN(c2ccc(CNC3CC3)cc2)CC1. The topological polar surface area (TPSA) is 38.7 Å². The van der Waals surface area contributed by atoms with Gasteiger partial charge in [-0.25, -0.2) is 0 Å². The first kappa shape index (κ1) is 13.9. The zero-order chi connectivity index (χ0) is 13.8. The molecular formula is C16H25N3O. The lowest BCUT2D eigenvalue weighted by Gasteiger charge is -2.35. The van der Waals surface area contributed by atoms with Crippen molar-refractivity contribution in [2.75, 3.05) is 44.2 Å². The van der Waals surface area contributed by atoms with Crippen molar-refractivity contribution >= 4 is 5.69 Å². The minimum absolute atomic E-state index is 0.267. The van der Waals surface area contributed by atoms with Crippen LogP contribution in [0.5, 0.6) is 0 Å². The third-order valence-electron chi connectivity index (χ3n) is 4.26. The summed E-state index contributed by atoms with van der Waals surface area (Å²) in [4.78, 5) is 4.76. The van der Waals surface area contributed by atoms with Gasteiger partial charge >= 0.3 is 0 Å². The first-order chi connectivity index (χ1) is 9.85. The first-order valence-electron chi connectivity index (χ1n) is 7.75. The van der Waals surface area contributed by atoms with Crippen LogP contribution in [-0.4, -0.2) is 55.4 Å². The number of aliphatic hydroxyl groups excluding tert-OH is 1. The van der Waals surface area contributed by atoms with Crippen LogP contribution < -0.4 is 10.2 Å². The Morgan fingerprint density at radius 2 is 1.75 bits per heavy atom. The van der Waals surface area contributed by atoms with Gasteiger partial charge in [-0.3, -0.25) is 4.90 Å². The van der Waals surface area contributed by atoms with Crippen LogP contribution in [0.2, 0.25) is 0 Å². The van der Waals surface area contributed by atoms with E-state index >= 15 is 0 Å². The van der Waals surface area contributed by atoms with Gasteiger partial charge in [0.25, 0.3) is 0 Å². The van der Waals surface area contributed by atoms with Crippen LogP contribution in [0, 0.1) is 0 Å². The molecule has 1 saturated carbocycles. The predicted molar refractivity (Wildman–Crippen MR) is 82.0 cm³/mol. The molecule has 1 heterocycles. The van der Waals surface area contributed by atoms with Crippen LogP contribution >= 0.6 is 0 Å². The fraction of sp³-hybridized carbons (Fsp3) is 0.625. The van der Waals surface area contributed by atoms with Gasteiger partial charge in [0.15, 0.2) is 0 Å².